The number of amides is 1. The van der Waals surface area contributed by atoms with Crippen molar-refractivity contribution in [1.82, 2.24) is 10.3 Å². The number of methoxy groups -OCH3 is 1. The Labute approximate surface area is 140 Å². The molecule has 0 aliphatic heterocycles. The molecule has 0 atom stereocenters. The SMILES string of the molecule is COc1ccc2[nH]c(-c3cccc(N)c3)c(CCNC(C)=O)c2c1. The molecule has 0 aliphatic rings. The highest BCUT2D eigenvalue weighted by molar-refractivity contribution is 5.92. The molecule has 1 amide bonds. The molecule has 0 saturated carbocycles. The Morgan fingerprint density at radius 1 is 1.25 bits per heavy atom. The summed E-state index contributed by atoms with van der Waals surface area (Å²) in [5, 5.41) is 3.95. The summed E-state index contributed by atoms with van der Waals surface area (Å²) in [6, 6.07) is 13.7. The molecule has 3 aromatic rings. The summed E-state index contributed by atoms with van der Waals surface area (Å²) in [7, 11) is 1.66. The van der Waals surface area contributed by atoms with Gasteiger partial charge in [0, 0.05) is 41.3 Å². The topological polar surface area (TPSA) is 80.1 Å². The second-order valence-corrected chi connectivity index (χ2v) is 5.75. The average molecular weight is 323 g/mol. The van der Waals surface area contributed by atoms with E-state index in [1.54, 1.807) is 7.11 Å². The number of nitrogen functional groups attached to an aromatic ring is 1. The lowest BCUT2D eigenvalue weighted by Gasteiger charge is -2.07. The zero-order chi connectivity index (χ0) is 17.1. The summed E-state index contributed by atoms with van der Waals surface area (Å²) in [5.74, 6) is 0.777. The minimum Gasteiger partial charge on any atom is -0.497 e. The van der Waals surface area contributed by atoms with Crippen LogP contribution in [0.25, 0.3) is 22.2 Å². The first-order valence-corrected chi connectivity index (χ1v) is 7.87. The van der Waals surface area contributed by atoms with E-state index < -0.39 is 0 Å². The predicted molar refractivity (Wildman–Crippen MR) is 97.1 cm³/mol. The van der Waals surface area contributed by atoms with Gasteiger partial charge in [-0.3, -0.25) is 4.79 Å². The quantitative estimate of drug-likeness (QED) is 0.631. The van der Waals surface area contributed by atoms with Gasteiger partial charge in [0.05, 0.1) is 7.11 Å². The number of benzene rings is 2. The fraction of sp³-hybridized carbons (Fsp3) is 0.211. The number of rotatable bonds is 5. The van der Waals surface area contributed by atoms with E-state index in [1.807, 2.05) is 42.5 Å². The molecule has 0 radical (unpaired) electrons. The standard InChI is InChI=1S/C19H21N3O2/c1-12(23)21-9-8-16-17-11-15(24-2)6-7-18(17)22-19(16)13-4-3-5-14(20)10-13/h3-7,10-11,22H,8-9,20H2,1-2H3,(H,21,23). The van der Waals surface area contributed by atoms with Crippen molar-refractivity contribution in [2.45, 2.75) is 13.3 Å². The zero-order valence-electron chi connectivity index (χ0n) is 13.8. The minimum atomic E-state index is -0.0297. The third-order valence-corrected chi connectivity index (χ3v) is 4.04. The highest BCUT2D eigenvalue weighted by Gasteiger charge is 2.14. The number of hydrogen-bond donors (Lipinski definition) is 3. The van der Waals surface area contributed by atoms with E-state index in [1.165, 1.54) is 6.92 Å². The highest BCUT2D eigenvalue weighted by atomic mass is 16.5. The van der Waals surface area contributed by atoms with E-state index in [2.05, 4.69) is 10.3 Å². The minimum absolute atomic E-state index is 0.0297. The normalized spacial score (nSPS) is 10.8. The molecular formula is C19H21N3O2. The fourth-order valence-corrected chi connectivity index (χ4v) is 2.92. The van der Waals surface area contributed by atoms with Gasteiger partial charge in [-0.1, -0.05) is 12.1 Å². The number of aromatic amines is 1. The van der Waals surface area contributed by atoms with Gasteiger partial charge < -0.3 is 20.8 Å². The van der Waals surface area contributed by atoms with Gasteiger partial charge in [0.25, 0.3) is 0 Å². The fourth-order valence-electron chi connectivity index (χ4n) is 2.92. The first-order valence-electron chi connectivity index (χ1n) is 7.87. The Balaban J connectivity index is 2.10. The van der Waals surface area contributed by atoms with Crippen LogP contribution in [0.3, 0.4) is 0 Å². The van der Waals surface area contributed by atoms with Crippen LogP contribution in [-0.4, -0.2) is 24.5 Å². The number of anilines is 1. The number of carbonyl (C=O) groups is 1. The van der Waals surface area contributed by atoms with Crippen LogP contribution in [0.15, 0.2) is 42.5 Å². The van der Waals surface area contributed by atoms with Crippen LogP contribution in [0, 0.1) is 0 Å². The van der Waals surface area contributed by atoms with Gasteiger partial charge in [-0.25, -0.2) is 0 Å². The van der Waals surface area contributed by atoms with Gasteiger partial charge in [0.1, 0.15) is 5.75 Å². The molecule has 2 aromatic carbocycles. The molecule has 0 spiro atoms. The van der Waals surface area contributed by atoms with Crippen LogP contribution < -0.4 is 15.8 Å². The van der Waals surface area contributed by atoms with Crippen molar-refractivity contribution >= 4 is 22.5 Å². The summed E-state index contributed by atoms with van der Waals surface area (Å²) >= 11 is 0. The van der Waals surface area contributed by atoms with E-state index in [9.17, 15) is 4.79 Å². The van der Waals surface area contributed by atoms with Gasteiger partial charge in [0.15, 0.2) is 0 Å². The second-order valence-electron chi connectivity index (χ2n) is 5.75. The Kier molecular flexibility index (Phi) is 4.42. The van der Waals surface area contributed by atoms with Crippen molar-refractivity contribution < 1.29 is 9.53 Å². The Morgan fingerprint density at radius 2 is 2.08 bits per heavy atom. The number of aromatic nitrogens is 1. The number of hydrogen-bond acceptors (Lipinski definition) is 3. The first kappa shape index (κ1) is 15.9. The molecule has 1 aromatic heterocycles. The van der Waals surface area contributed by atoms with E-state index >= 15 is 0 Å². The van der Waals surface area contributed by atoms with Gasteiger partial charge in [-0.2, -0.15) is 0 Å². The molecule has 0 aliphatic carbocycles. The lowest BCUT2D eigenvalue weighted by atomic mass is 10.0. The summed E-state index contributed by atoms with van der Waals surface area (Å²) < 4.78 is 5.35. The summed E-state index contributed by atoms with van der Waals surface area (Å²) in [6.45, 7) is 2.10. The summed E-state index contributed by atoms with van der Waals surface area (Å²) in [5.41, 5.74) is 10.9. The molecule has 124 valence electrons. The highest BCUT2D eigenvalue weighted by Crippen LogP contribution is 2.33. The number of H-pyrrole nitrogens is 1. The third kappa shape index (κ3) is 3.20. The maximum Gasteiger partial charge on any atom is 0.216 e. The van der Waals surface area contributed by atoms with Crippen molar-refractivity contribution in [1.29, 1.82) is 0 Å². The molecular weight excluding hydrogens is 302 g/mol. The molecule has 0 saturated heterocycles. The van der Waals surface area contributed by atoms with Crippen molar-refractivity contribution in [2.24, 2.45) is 0 Å². The average Bonchev–Trinajstić information content (AvgIpc) is 2.92. The van der Waals surface area contributed by atoms with Gasteiger partial charge in [-0.05, 0) is 42.3 Å². The Hall–Kier alpha value is -2.95. The summed E-state index contributed by atoms with van der Waals surface area (Å²) in [6.07, 6.45) is 0.719. The zero-order valence-corrected chi connectivity index (χ0v) is 13.8. The maximum absolute atomic E-state index is 11.2. The molecule has 5 nitrogen and oxygen atoms in total. The van der Waals surface area contributed by atoms with Crippen LogP contribution in [0.2, 0.25) is 0 Å². The van der Waals surface area contributed by atoms with Crippen LogP contribution >= 0.6 is 0 Å². The number of fused-ring (bicyclic) bond motifs is 1. The Morgan fingerprint density at radius 3 is 2.79 bits per heavy atom. The van der Waals surface area contributed by atoms with Gasteiger partial charge in [0.2, 0.25) is 5.91 Å². The van der Waals surface area contributed by atoms with E-state index in [4.69, 9.17) is 10.5 Å². The van der Waals surface area contributed by atoms with Crippen LogP contribution in [0.1, 0.15) is 12.5 Å². The van der Waals surface area contributed by atoms with Crippen LogP contribution in [-0.2, 0) is 11.2 Å². The number of nitrogens with two attached hydrogens (primary N) is 1. The smallest absolute Gasteiger partial charge is 0.216 e. The molecule has 0 unspecified atom stereocenters. The molecule has 0 fully saturated rings. The number of nitrogens with one attached hydrogen (secondary N) is 2. The molecule has 0 bridgehead atoms. The van der Waals surface area contributed by atoms with Gasteiger partial charge >= 0.3 is 0 Å². The number of carbonyl (C=O) groups excluding carboxylic acids is 1. The van der Waals surface area contributed by atoms with Crippen LogP contribution in [0.4, 0.5) is 5.69 Å². The lowest BCUT2D eigenvalue weighted by molar-refractivity contribution is -0.118. The second kappa shape index (κ2) is 6.66. The van der Waals surface area contributed by atoms with E-state index in [0.717, 1.165) is 45.6 Å². The molecule has 3 rings (SSSR count). The van der Waals surface area contributed by atoms with Crippen molar-refractivity contribution in [3.8, 4) is 17.0 Å². The predicted octanol–water partition coefficient (Wildman–Crippen LogP) is 3.10. The third-order valence-electron chi connectivity index (χ3n) is 4.04. The van der Waals surface area contributed by atoms with Crippen molar-refractivity contribution in [3.63, 3.8) is 0 Å². The van der Waals surface area contributed by atoms with E-state index in [-0.39, 0.29) is 5.91 Å². The van der Waals surface area contributed by atoms with Gasteiger partial charge in [-0.15, -0.1) is 0 Å². The molecule has 24 heavy (non-hydrogen) atoms. The molecule has 5 heteroatoms. The van der Waals surface area contributed by atoms with Crippen LogP contribution in [0.5, 0.6) is 5.75 Å². The summed E-state index contributed by atoms with van der Waals surface area (Å²) in [4.78, 5) is 14.7. The maximum atomic E-state index is 11.2. The molecule has 1 heterocycles. The molecule has 4 N–H and O–H groups in total. The largest absolute Gasteiger partial charge is 0.497 e. The Bertz CT molecular complexity index is 883. The van der Waals surface area contributed by atoms with Crippen molar-refractivity contribution in [2.75, 3.05) is 19.4 Å². The van der Waals surface area contributed by atoms with Crippen molar-refractivity contribution in [3.05, 3.63) is 48.0 Å². The number of ether oxygens (including phenoxy) is 1. The first-order chi connectivity index (χ1) is 11.6. The monoisotopic (exact) mass is 323 g/mol. The lowest BCUT2D eigenvalue weighted by Crippen LogP contribution is -2.22. The van der Waals surface area contributed by atoms with E-state index in [0.29, 0.717) is 6.54 Å².